The molecule has 0 bridgehead atoms. The van der Waals surface area contributed by atoms with Crippen LogP contribution in [0.25, 0.3) is 11.3 Å². The van der Waals surface area contributed by atoms with Crippen LogP contribution >= 0.6 is 0 Å². The molecule has 1 aromatic heterocycles. The summed E-state index contributed by atoms with van der Waals surface area (Å²) in [6.45, 7) is 4.38. The average molecular weight is 377 g/mol. The maximum Gasteiger partial charge on any atom is 0.289 e. The number of Topliss-reactive ketones (excluding diaryl/α,β-unsaturated/α-hetero) is 1. The fourth-order valence-corrected chi connectivity index (χ4v) is 2.70. The molecule has 3 rings (SSSR count). The van der Waals surface area contributed by atoms with Crippen LogP contribution in [0, 0.1) is 6.92 Å². The summed E-state index contributed by atoms with van der Waals surface area (Å²) in [7, 11) is 1.71. The number of hydrogen-bond acceptors (Lipinski definition) is 4. The minimum atomic E-state index is -0.209. The van der Waals surface area contributed by atoms with Crippen LogP contribution < -0.4 is 4.74 Å². The molecule has 0 saturated carbocycles. The molecule has 5 nitrogen and oxygen atoms in total. The summed E-state index contributed by atoms with van der Waals surface area (Å²) in [6.07, 6.45) is 0. The highest BCUT2D eigenvalue weighted by Gasteiger charge is 2.16. The van der Waals surface area contributed by atoms with Gasteiger partial charge in [-0.2, -0.15) is 0 Å². The molecule has 1 heterocycles. The molecular weight excluding hydrogens is 354 g/mol. The molecule has 0 atom stereocenters. The molecule has 0 aliphatic heterocycles. The fraction of sp³-hybridized carbons (Fsp3) is 0.217. The van der Waals surface area contributed by atoms with Crippen molar-refractivity contribution in [2.45, 2.75) is 13.8 Å². The van der Waals surface area contributed by atoms with Crippen LogP contribution in [0.3, 0.4) is 0 Å². The zero-order chi connectivity index (χ0) is 20.1. The Labute approximate surface area is 164 Å². The Kier molecular flexibility index (Phi) is 5.94. The molecule has 0 aliphatic carbocycles. The molecule has 0 spiro atoms. The summed E-state index contributed by atoms with van der Waals surface area (Å²) >= 11 is 0. The second-order valence-corrected chi connectivity index (χ2v) is 6.69. The number of rotatable bonds is 7. The quantitative estimate of drug-likeness (QED) is 0.564. The van der Waals surface area contributed by atoms with Gasteiger partial charge in [-0.25, -0.2) is 0 Å². The molecule has 0 aliphatic rings. The van der Waals surface area contributed by atoms with E-state index in [9.17, 15) is 9.59 Å². The first-order chi connectivity index (χ1) is 13.4. The first kappa shape index (κ1) is 19.4. The van der Waals surface area contributed by atoms with Gasteiger partial charge in [0.25, 0.3) is 5.91 Å². The Morgan fingerprint density at radius 2 is 1.64 bits per heavy atom. The van der Waals surface area contributed by atoms with Crippen molar-refractivity contribution >= 4 is 11.7 Å². The highest BCUT2D eigenvalue weighted by molar-refractivity contribution is 5.94. The lowest BCUT2D eigenvalue weighted by Crippen LogP contribution is -2.30. The topological polar surface area (TPSA) is 59.8 Å². The molecule has 1 amide bonds. The van der Waals surface area contributed by atoms with Gasteiger partial charge in [0, 0.05) is 18.2 Å². The van der Waals surface area contributed by atoms with Gasteiger partial charge in [-0.1, -0.05) is 42.0 Å². The van der Waals surface area contributed by atoms with Crippen molar-refractivity contribution in [3.05, 3.63) is 77.6 Å². The minimum absolute atomic E-state index is 0.0105. The van der Waals surface area contributed by atoms with Gasteiger partial charge in [-0.15, -0.1) is 0 Å². The summed E-state index contributed by atoms with van der Waals surface area (Å²) < 4.78 is 11.4. The molecule has 0 saturated heterocycles. The Hall–Kier alpha value is -3.34. The van der Waals surface area contributed by atoms with Crippen molar-refractivity contribution in [1.82, 2.24) is 4.90 Å². The van der Waals surface area contributed by atoms with Gasteiger partial charge in [0.2, 0.25) is 0 Å². The van der Waals surface area contributed by atoms with Crippen molar-refractivity contribution < 1.29 is 18.7 Å². The lowest BCUT2D eigenvalue weighted by Gasteiger charge is -2.16. The van der Waals surface area contributed by atoms with E-state index in [-0.39, 0.29) is 17.5 Å². The summed E-state index contributed by atoms with van der Waals surface area (Å²) in [5.74, 6) is 1.43. The van der Waals surface area contributed by atoms with E-state index in [2.05, 4.69) is 0 Å². The van der Waals surface area contributed by atoms with Crippen LogP contribution in [0.15, 0.2) is 65.1 Å². The largest absolute Gasteiger partial charge is 0.492 e. The van der Waals surface area contributed by atoms with E-state index in [0.29, 0.717) is 24.5 Å². The molecule has 3 aromatic rings. The van der Waals surface area contributed by atoms with Gasteiger partial charge < -0.3 is 14.1 Å². The van der Waals surface area contributed by atoms with Crippen LogP contribution in [0.1, 0.15) is 33.4 Å². The van der Waals surface area contributed by atoms with Crippen molar-refractivity contribution in [2.24, 2.45) is 0 Å². The Morgan fingerprint density at radius 3 is 2.29 bits per heavy atom. The second-order valence-electron chi connectivity index (χ2n) is 6.69. The third-order valence-corrected chi connectivity index (χ3v) is 4.46. The molecule has 0 fully saturated rings. The maximum absolute atomic E-state index is 12.6. The van der Waals surface area contributed by atoms with Gasteiger partial charge >= 0.3 is 0 Å². The Balaban J connectivity index is 1.58. The highest BCUT2D eigenvalue weighted by Crippen LogP contribution is 2.23. The van der Waals surface area contributed by atoms with Gasteiger partial charge in [-0.05, 0) is 38.1 Å². The number of hydrogen-bond donors (Lipinski definition) is 0. The lowest BCUT2D eigenvalue weighted by atomic mass is 10.1. The number of amides is 1. The minimum Gasteiger partial charge on any atom is -0.492 e. The van der Waals surface area contributed by atoms with Crippen LogP contribution in [-0.4, -0.2) is 36.8 Å². The zero-order valence-electron chi connectivity index (χ0n) is 16.3. The van der Waals surface area contributed by atoms with Crippen LogP contribution in [0.4, 0.5) is 0 Å². The number of carbonyl (C=O) groups excluding carboxylic acids is 2. The van der Waals surface area contributed by atoms with E-state index in [1.165, 1.54) is 12.5 Å². The van der Waals surface area contributed by atoms with Gasteiger partial charge in [0.1, 0.15) is 18.1 Å². The van der Waals surface area contributed by atoms with Crippen molar-refractivity contribution in [3.63, 3.8) is 0 Å². The number of benzene rings is 2. The van der Waals surface area contributed by atoms with Crippen molar-refractivity contribution in [3.8, 4) is 17.1 Å². The second kappa shape index (κ2) is 8.57. The monoisotopic (exact) mass is 377 g/mol. The van der Waals surface area contributed by atoms with E-state index >= 15 is 0 Å². The summed E-state index contributed by atoms with van der Waals surface area (Å²) in [4.78, 5) is 25.5. The highest BCUT2D eigenvalue weighted by atomic mass is 16.5. The fourth-order valence-electron chi connectivity index (χ4n) is 2.70. The standard InChI is InChI=1S/C23H23NO4/c1-16-4-10-20(11-5-16)27-15-14-24(3)23(26)22-13-12-21(28-22)19-8-6-18(7-9-19)17(2)25/h4-13H,14-15H2,1-3H3. The normalized spacial score (nSPS) is 10.5. The van der Waals surface area contributed by atoms with Crippen LogP contribution in [0.2, 0.25) is 0 Å². The van der Waals surface area contributed by atoms with Gasteiger partial charge in [0.15, 0.2) is 11.5 Å². The Morgan fingerprint density at radius 1 is 0.964 bits per heavy atom. The van der Waals surface area contributed by atoms with Gasteiger partial charge in [0.05, 0.1) is 6.54 Å². The predicted molar refractivity (Wildman–Crippen MR) is 108 cm³/mol. The zero-order valence-corrected chi connectivity index (χ0v) is 16.3. The third-order valence-electron chi connectivity index (χ3n) is 4.46. The van der Waals surface area contributed by atoms with Crippen molar-refractivity contribution in [2.75, 3.05) is 20.2 Å². The number of aryl methyl sites for hydroxylation is 1. The lowest BCUT2D eigenvalue weighted by molar-refractivity contribution is 0.0743. The molecule has 144 valence electrons. The molecule has 0 radical (unpaired) electrons. The smallest absolute Gasteiger partial charge is 0.289 e. The number of furan rings is 1. The van der Waals surface area contributed by atoms with E-state index < -0.39 is 0 Å². The predicted octanol–water partition coefficient (Wildman–Crippen LogP) is 4.61. The van der Waals surface area contributed by atoms with Crippen LogP contribution in [-0.2, 0) is 0 Å². The first-order valence-corrected chi connectivity index (χ1v) is 9.10. The van der Waals surface area contributed by atoms with E-state index in [1.54, 1.807) is 36.2 Å². The van der Waals surface area contributed by atoms with Crippen molar-refractivity contribution in [1.29, 1.82) is 0 Å². The SMILES string of the molecule is CC(=O)c1ccc(-c2ccc(C(=O)N(C)CCOc3ccc(C)cc3)o2)cc1. The third kappa shape index (κ3) is 4.68. The molecule has 28 heavy (non-hydrogen) atoms. The molecule has 2 aromatic carbocycles. The number of carbonyl (C=O) groups is 2. The van der Waals surface area contributed by atoms with E-state index in [1.807, 2.05) is 43.3 Å². The van der Waals surface area contributed by atoms with Crippen LogP contribution in [0.5, 0.6) is 5.75 Å². The van der Waals surface area contributed by atoms with E-state index in [0.717, 1.165) is 11.3 Å². The first-order valence-electron chi connectivity index (χ1n) is 9.10. The number of likely N-dealkylation sites (N-methyl/N-ethyl adjacent to an activating group) is 1. The molecule has 0 unspecified atom stereocenters. The number of nitrogens with zero attached hydrogens (tertiary/aromatic N) is 1. The van der Waals surface area contributed by atoms with Gasteiger partial charge in [-0.3, -0.25) is 9.59 Å². The maximum atomic E-state index is 12.6. The number of ether oxygens (including phenoxy) is 1. The summed E-state index contributed by atoms with van der Waals surface area (Å²) in [5.41, 5.74) is 2.62. The molecule has 0 N–H and O–H groups in total. The Bertz CT molecular complexity index is 955. The molecular formula is C23H23NO4. The molecule has 5 heteroatoms. The average Bonchev–Trinajstić information content (AvgIpc) is 3.19. The van der Waals surface area contributed by atoms with E-state index in [4.69, 9.17) is 9.15 Å². The number of ketones is 1. The summed E-state index contributed by atoms with van der Waals surface area (Å²) in [5, 5.41) is 0. The summed E-state index contributed by atoms with van der Waals surface area (Å²) in [6, 6.07) is 18.3.